The van der Waals surface area contributed by atoms with Crippen LogP contribution in [0.1, 0.15) is 96.9 Å². The highest BCUT2D eigenvalue weighted by molar-refractivity contribution is 5.57. The van der Waals surface area contributed by atoms with Gasteiger partial charge in [-0.05, 0) is 110 Å². The zero-order valence-electron chi connectivity index (χ0n) is 20.8. The number of hydrogen-bond acceptors (Lipinski definition) is 0. The Balaban J connectivity index is 1.54. The van der Waals surface area contributed by atoms with Crippen molar-refractivity contribution >= 4 is 0 Å². The van der Waals surface area contributed by atoms with Crippen molar-refractivity contribution in [2.75, 3.05) is 0 Å². The van der Waals surface area contributed by atoms with Crippen LogP contribution in [-0.4, -0.2) is 0 Å². The second-order valence-electron chi connectivity index (χ2n) is 9.43. The van der Waals surface area contributed by atoms with Crippen LogP contribution in [0.3, 0.4) is 0 Å². The van der Waals surface area contributed by atoms with Gasteiger partial charge < -0.3 is 0 Å². The first kappa shape index (κ1) is 23.9. The summed E-state index contributed by atoms with van der Waals surface area (Å²) in [5.41, 5.74) is 10.2. The molecule has 0 spiro atoms. The van der Waals surface area contributed by atoms with Crippen LogP contribution in [0, 0.1) is 23.7 Å². The molecule has 1 aliphatic rings. The average molecular weight is 445 g/mol. The molecule has 0 heterocycles. The van der Waals surface area contributed by atoms with Gasteiger partial charge in [-0.3, -0.25) is 0 Å². The predicted molar refractivity (Wildman–Crippen MR) is 145 cm³/mol. The number of hydrogen-bond donors (Lipinski definition) is 0. The Kier molecular flexibility index (Phi) is 8.65. The molecule has 0 fully saturated rings. The molecule has 0 bridgehead atoms. The summed E-state index contributed by atoms with van der Waals surface area (Å²) in [5.74, 6) is 13.8. The molecule has 0 radical (unpaired) electrons. The third-order valence-corrected chi connectivity index (χ3v) is 6.76. The van der Waals surface area contributed by atoms with E-state index in [1.807, 2.05) is 0 Å². The van der Waals surface area contributed by atoms with Gasteiger partial charge in [0.25, 0.3) is 0 Å². The normalized spacial score (nSPS) is 12.2. The lowest BCUT2D eigenvalue weighted by Crippen LogP contribution is -2.07. The smallest absolute Gasteiger partial charge is 0.0284 e. The van der Waals surface area contributed by atoms with Gasteiger partial charge in [-0.15, -0.1) is 0 Å². The Morgan fingerprint density at radius 3 is 1.32 bits per heavy atom. The molecule has 3 aromatic rings. The van der Waals surface area contributed by atoms with E-state index in [4.69, 9.17) is 0 Å². The number of unbranched alkanes of at least 4 members (excludes halogenated alkanes) is 2. The molecular weight excluding hydrogens is 408 g/mol. The van der Waals surface area contributed by atoms with Crippen molar-refractivity contribution in [3.63, 3.8) is 0 Å². The Bertz CT molecular complexity index is 1100. The zero-order valence-corrected chi connectivity index (χ0v) is 20.8. The zero-order chi connectivity index (χ0) is 23.6. The molecule has 0 N–H and O–H groups in total. The Morgan fingerprint density at radius 1 is 0.529 bits per heavy atom. The molecular formula is C34H36. The van der Waals surface area contributed by atoms with Crippen LogP contribution in [-0.2, 0) is 25.7 Å². The van der Waals surface area contributed by atoms with Crippen LogP contribution >= 0.6 is 0 Å². The Hall–Kier alpha value is -3.22. The quantitative estimate of drug-likeness (QED) is 0.337. The fraction of sp³-hybridized carbons (Fsp3) is 0.353. The van der Waals surface area contributed by atoms with Crippen LogP contribution < -0.4 is 0 Å². The maximum Gasteiger partial charge on any atom is 0.0284 e. The van der Waals surface area contributed by atoms with Crippen LogP contribution in [0.5, 0.6) is 0 Å². The summed E-state index contributed by atoms with van der Waals surface area (Å²) in [6.07, 6.45) is 12.0. The number of aryl methyl sites for hydroxylation is 2. The lowest BCUT2D eigenvalue weighted by Gasteiger charge is -2.19. The number of rotatable bonds is 6. The van der Waals surface area contributed by atoms with Crippen molar-refractivity contribution in [3.8, 4) is 23.7 Å². The fourth-order valence-electron chi connectivity index (χ4n) is 4.65. The molecule has 0 heteroatoms. The van der Waals surface area contributed by atoms with E-state index in [-0.39, 0.29) is 0 Å². The van der Waals surface area contributed by atoms with E-state index >= 15 is 0 Å². The lowest BCUT2D eigenvalue weighted by atomic mass is 9.85. The molecule has 0 saturated carbocycles. The van der Waals surface area contributed by atoms with Crippen molar-refractivity contribution in [2.24, 2.45) is 0 Å². The molecule has 0 amide bonds. The van der Waals surface area contributed by atoms with Crippen molar-refractivity contribution in [3.05, 3.63) is 105 Å². The van der Waals surface area contributed by atoms with Crippen LogP contribution in [0.15, 0.2) is 60.7 Å². The predicted octanol–water partition coefficient (Wildman–Crippen LogP) is 8.05. The number of fused-ring (bicyclic) bond motifs is 1. The summed E-state index contributed by atoms with van der Waals surface area (Å²) >= 11 is 0. The standard InChI is InChI=1S/C34H36/c1-3-5-9-27-13-17-29(18-14-27)21-23-31-25-26-32(34-12-8-7-11-33(31)34)24-22-30-19-15-28(16-20-30)10-6-4-2/h13-20,25-26H,3-12H2,1-2H3. The average Bonchev–Trinajstić information content (AvgIpc) is 2.89. The van der Waals surface area contributed by atoms with Crippen molar-refractivity contribution in [1.29, 1.82) is 0 Å². The molecule has 0 saturated heterocycles. The first-order chi connectivity index (χ1) is 16.8. The summed E-state index contributed by atoms with van der Waals surface area (Å²) in [7, 11) is 0. The topological polar surface area (TPSA) is 0 Å². The molecule has 4 rings (SSSR count). The molecule has 172 valence electrons. The molecule has 0 aliphatic heterocycles. The van der Waals surface area contributed by atoms with Crippen molar-refractivity contribution < 1.29 is 0 Å². The van der Waals surface area contributed by atoms with Gasteiger partial charge >= 0.3 is 0 Å². The SMILES string of the molecule is CCCCc1ccc(C#Cc2ccc(C#Cc3ccc(CCCC)cc3)c3c2CCCC3)cc1. The van der Waals surface area contributed by atoms with Gasteiger partial charge in [0.1, 0.15) is 0 Å². The third-order valence-electron chi connectivity index (χ3n) is 6.76. The van der Waals surface area contributed by atoms with E-state index in [0.29, 0.717) is 0 Å². The molecule has 34 heavy (non-hydrogen) atoms. The maximum absolute atomic E-state index is 3.48. The largest absolute Gasteiger partial charge is 0.0654 e. The molecule has 1 aliphatic carbocycles. The summed E-state index contributed by atoms with van der Waals surface area (Å²) < 4.78 is 0. The molecule has 0 atom stereocenters. The molecule has 0 aromatic heterocycles. The molecule has 0 unspecified atom stereocenters. The third kappa shape index (κ3) is 6.43. The summed E-state index contributed by atoms with van der Waals surface area (Å²) in [4.78, 5) is 0. The van der Waals surface area contributed by atoms with Crippen LogP contribution in [0.4, 0.5) is 0 Å². The Morgan fingerprint density at radius 2 is 0.941 bits per heavy atom. The second kappa shape index (κ2) is 12.3. The summed E-state index contributed by atoms with van der Waals surface area (Å²) in [6, 6.07) is 21.9. The first-order valence-corrected chi connectivity index (χ1v) is 13.1. The second-order valence-corrected chi connectivity index (χ2v) is 9.43. The minimum atomic E-state index is 1.09. The van der Waals surface area contributed by atoms with E-state index in [0.717, 1.165) is 36.8 Å². The van der Waals surface area contributed by atoms with Crippen molar-refractivity contribution in [1.82, 2.24) is 0 Å². The van der Waals surface area contributed by atoms with E-state index < -0.39 is 0 Å². The van der Waals surface area contributed by atoms with Gasteiger partial charge in [0, 0.05) is 22.3 Å². The van der Waals surface area contributed by atoms with Gasteiger partial charge in [-0.2, -0.15) is 0 Å². The van der Waals surface area contributed by atoms with E-state index in [9.17, 15) is 0 Å². The monoisotopic (exact) mass is 444 g/mol. The van der Waals surface area contributed by atoms with E-state index in [1.54, 1.807) is 0 Å². The Labute approximate surface area is 206 Å². The summed E-state index contributed by atoms with van der Waals surface area (Å²) in [6.45, 7) is 4.48. The van der Waals surface area contributed by atoms with Gasteiger partial charge in [0.15, 0.2) is 0 Å². The first-order valence-electron chi connectivity index (χ1n) is 13.1. The highest BCUT2D eigenvalue weighted by Gasteiger charge is 2.15. The summed E-state index contributed by atoms with van der Waals surface area (Å²) in [5, 5.41) is 0. The van der Waals surface area contributed by atoms with Crippen LogP contribution in [0.25, 0.3) is 0 Å². The highest BCUT2D eigenvalue weighted by atomic mass is 14.2. The van der Waals surface area contributed by atoms with Gasteiger partial charge in [0.05, 0.1) is 0 Å². The lowest BCUT2D eigenvalue weighted by molar-refractivity contribution is 0.683. The van der Waals surface area contributed by atoms with Crippen molar-refractivity contribution in [2.45, 2.75) is 78.1 Å². The van der Waals surface area contributed by atoms with Crippen LogP contribution in [0.2, 0.25) is 0 Å². The number of benzene rings is 3. The van der Waals surface area contributed by atoms with E-state index in [1.165, 1.54) is 71.9 Å². The van der Waals surface area contributed by atoms with Gasteiger partial charge in [-0.1, -0.05) is 74.6 Å². The minimum Gasteiger partial charge on any atom is -0.0654 e. The van der Waals surface area contributed by atoms with E-state index in [2.05, 4.69) is 98.2 Å². The van der Waals surface area contributed by atoms with Gasteiger partial charge in [0.2, 0.25) is 0 Å². The molecule has 0 nitrogen and oxygen atoms in total. The fourth-order valence-corrected chi connectivity index (χ4v) is 4.65. The molecule has 3 aromatic carbocycles. The minimum absolute atomic E-state index is 1.09. The highest BCUT2D eigenvalue weighted by Crippen LogP contribution is 2.27. The maximum atomic E-state index is 3.48. The van der Waals surface area contributed by atoms with Gasteiger partial charge in [-0.25, -0.2) is 0 Å².